The van der Waals surface area contributed by atoms with E-state index in [9.17, 15) is 9.59 Å². The van der Waals surface area contributed by atoms with Gasteiger partial charge in [-0.3, -0.25) is 14.6 Å². The third kappa shape index (κ3) is 4.28. The SMILES string of the molecule is CN(Cc1ncsc1C(N)=O)/N=C\c1c(C=O)n(C)c2nc(CC(=N)/C=C\N)sc12. The van der Waals surface area contributed by atoms with E-state index in [1.165, 1.54) is 34.9 Å². The van der Waals surface area contributed by atoms with E-state index in [0.29, 0.717) is 46.2 Å². The number of thiazole rings is 2. The summed E-state index contributed by atoms with van der Waals surface area (Å²) in [6.45, 7) is 0.293. The molecule has 0 saturated carbocycles. The van der Waals surface area contributed by atoms with Gasteiger partial charge in [0.05, 0.1) is 34.4 Å². The lowest BCUT2D eigenvalue weighted by molar-refractivity contribution is 0.100. The van der Waals surface area contributed by atoms with Crippen LogP contribution in [0, 0.1) is 5.41 Å². The Balaban J connectivity index is 1.89. The second-order valence-electron chi connectivity index (χ2n) is 6.35. The van der Waals surface area contributed by atoms with Crippen molar-refractivity contribution in [3.05, 3.63) is 44.6 Å². The number of carbonyl (C=O) groups excluding carboxylic acids is 2. The number of hydrazone groups is 1. The molecule has 0 aromatic carbocycles. The predicted molar refractivity (Wildman–Crippen MR) is 118 cm³/mol. The largest absolute Gasteiger partial charge is 0.405 e. The van der Waals surface area contributed by atoms with Crippen LogP contribution in [0.5, 0.6) is 0 Å². The van der Waals surface area contributed by atoms with Gasteiger partial charge in [0.1, 0.15) is 9.88 Å². The van der Waals surface area contributed by atoms with Crippen LogP contribution in [0.4, 0.5) is 0 Å². The molecule has 0 radical (unpaired) electrons. The van der Waals surface area contributed by atoms with E-state index in [-0.39, 0.29) is 0 Å². The molecule has 0 unspecified atom stereocenters. The average molecular weight is 445 g/mol. The number of fused-ring (bicyclic) bond motifs is 1. The number of allylic oxidation sites excluding steroid dienone is 1. The Morgan fingerprint density at radius 1 is 1.47 bits per heavy atom. The Kier molecular flexibility index (Phi) is 6.37. The third-order valence-electron chi connectivity index (χ3n) is 4.23. The molecule has 30 heavy (non-hydrogen) atoms. The number of aldehydes is 1. The highest BCUT2D eigenvalue weighted by atomic mass is 32.1. The van der Waals surface area contributed by atoms with Gasteiger partial charge >= 0.3 is 0 Å². The summed E-state index contributed by atoms with van der Waals surface area (Å²) in [6, 6.07) is 0. The summed E-state index contributed by atoms with van der Waals surface area (Å²) in [6.07, 6.45) is 5.54. The van der Waals surface area contributed by atoms with Crippen LogP contribution in [0.3, 0.4) is 0 Å². The summed E-state index contributed by atoms with van der Waals surface area (Å²) < 4.78 is 2.51. The molecule has 3 aromatic heterocycles. The Morgan fingerprint density at radius 2 is 2.23 bits per heavy atom. The molecule has 1 amide bonds. The minimum absolute atomic E-state index is 0.293. The number of primary amides is 1. The van der Waals surface area contributed by atoms with Crippen LogP contribution in [0.25, 0.3) is 10.3 Å². The summed E-state index contributed by atoms with van der Waals surface area (Å²) in [7, 11) is 3.50. The molecule has 3 aromatic rings. The number of amides is 1. The van der Waals surface area contributed by atoms with Crippen molar-refractivity contribution in [3.63, 3.8) is 0 Å². The van der Waals surface area contributed by atoms with Gasteiger partial charge in [-0.05, 0) is 12.3 Å². The van der Waals surface area contributed by atoms with E-state index in [0.717, 1.165) is 16.0 Å². The molecule has 3 rings (SSSR count). The van der Waals surface area contributed by atoms with E-state index in [2.05, 4.69) is 15.1 Å². The minimum Gasteiger partial charge on any atom is -0.405 e. The van der Waals surface area contributed by atoms with Gasteiger partial charge in [0, 0.05) is 31.8 Å². The monoisotopic (exact) mass is 444 g/mol. The highest BCUT2D eigenvalue weighted by Gasteiger charge is 2.19. The number of nitrogens with zero attached hydrogens (tertiary/aromatic N) is 5. The summed E-state index contributed by atoms with van der Waals surface area (Å²) in [5.41, 5.74) is 14.9. The molecule has 0 saturated heterocycles. The number of nitrogens with two attached hydrogens (primary N) is 2. The van der Waals surface area contributed by atoms with Crippen LogP contribution in [-0.2, 0) is 20.0 Å². The van der Waals surface area contributed by atoms with Crippen LogP contribution >= 0.6 is 22.7 Å². The molecule has 3 heterocycles. The predicted octanol–water partition coefficient (Wildman–Crippen LogP) is 1.50. The molecule has 10 nitrogen and oxygen atoms in total. The highest BCUT2D eigenvalue weighted by molar-refractivity contribution is 7.19. The Morgan fingerprint density at radius 3 is 2.90 bits per heavy atom. The topological polar surface area (TPSA) is 156 Å². The van der Waals surface area contributed by atoms with Gasteiger partial charge in [-0.1, -0.05) is 0 Å². The fourth-order valence-corrected chi connectivity index (χ4v) is 4.64. The maximum atomic E-state index is 11.6. The normalized spacial score (nSPS) is 11.7. The first-order chi connectivity index (χ1) is 14.3. The molecule has 0 atom stereocenters. The van der Waals surface area contributed by atoms with Gasteiger partial charge in [0.15, 0.2) is 11.9 Å². The lowest BCUT2D eigenvalue weighted by Crippen LogP contribution is -2.17. The number of aromatic nitrogens is 3. The third-order valence-corrected chi connectivity index (χ3v) is 6.19. The Labute approximate surface area is 180 Å². The van der Waals surface area contributed by atoms with Crippen LogP contribution in [0.1, 0.15) is 36.4 Å². The first-order valence-electron chi connectivity index (χ1n) is 8.72. The molecule has 0 fully saturated rings. The van der Waals surface area contributed by atoms with Crippen molar-refractivity contribution in [2.75, 3.05) is 7.05 Å². The standard InChI is InChI=1S/C18H20N8O2S2/c1-25(7-12-16(17(21)28)29-9-22-12)23-6-11-13(8-27)26(2)18-15(11)30-14(24-18)5-10(20)3-4-19/h3-4,6,8-9,20H,5,7,19H2,1-2H3,(H2,21,28)/b4-3-,20-10?,23-6-. The van der Waals surface area contributed by atoms with Crippen molar-refractivity contribution in [3.8, 4) is 0 Å². The maximum absolute atomic E-state index is 11.6. The summed E-state index contributed by atoms with van der Waals surface area (Å²) in [4.78, 5) is 32.2. The van der Waals surface area contributed by atoms with Gasteiger partial charge in [0.25, 0.3) is 5.91 Å². The number of aryl methyl sites for hydroxylation is 1. The quantitative estimate of drug-likeness (QED) is 0.258. The van der Waals surface area contributed by atoms with Gasteiger partial charge in [-0.25, -0.2) is 9.97 Å². The van der Waals surface area contributed by atoms with E-state index < -0.39 is 5.91 Å². The van der Waals surface area contributed by atoms with Gasteiger partial charge < -0.3 is 21.4 Å². The van der Waals surface area contributed by atoms with Crippen molar-refractivity contribution in [2.24, 2.45) is 23.6 Å². The van der Waals surface area contributed by atoms with Gasteiger partial charge in [-0.2, -0.15) is 5.10 Å². The van der Waals surface area contributed by atoms with E-state index >= 15 is 0 Å². The zero-order valence-corrected chi connectivity index (χ0v) is 18.0. The summed E-state index contributed by atoms with van der Waals surface area (Å²) >= 11 is 2.59. The lowest BCUT2D eigenvalue weighted by Gasteiger charge is -2.11. The second-order valence-corrected chi connectivity index (χ2v) is 8.29. The molecule has 0 bridgehead atoms. The van der Waals surface area contributed by atoms with Crippen LogP contribution < -0.4 is 11.5 Å². The first-order valence-corrected chi connectivity index (χ1v) is 10.4. The van der Waals surface area contributed by atoms with Gasteiger partial charge in [-0.15, -0.1) is 22.7 Å². The van der Waals surface area contributed by atoms with Crippen molar-refractivity contribution in [1.29, 1.82) is 5.41 Å². The zero-order valence-electron chi connectivity index (χ0n) is 16.3. The van der Waals surface area contributed by atoms with E-state index in [1.807, 2.05) is 0 Å². The van der Waals surface area contributed by atoms with Crippen LogP contribution in [0.2, 0.25) is 0 Å². The molecule has 12 heteroatoms. The van der Waals surface area contributed by atoms with E-state index in [4.69, 9.17) is 16.9 Å². The number of hydrogen-bond acceptors (Lipinski definition) is 10. The van der Waals surface area contributed by atoms with Gasteiger partial charge in [0.2, 0.25) is 0 Å². The average Bonchev–Trinajstić information content (AvgIpc) is 3.36. The molecule has 0 aliphatic rings. The zero-order chi connectivity index (χ0) is 21.8. The Bertz CT molecular complexity index is 1170. The second kappa shape index (κ2) is 8.97. The maximum Gasteiger partial charge on any atom is 0.260 e. The number of carbonyl (C=O) groups is 2. The van der Waals surface area contributed by atoms with Crippen molar-refractivity contribution in [2.45, 2.75) is 13.0 Å². The molecule has 5 N–H and O–H groups in total. The van der Waals surface area contributed by atoms with E-state index in [1.54, 1.807) is 35.4 Å². The Hall–Kier alpha value is -3.38. The minimum atomic E-state index is -0.523. The molecular formula is C18H20N8O2S2. The smallest absolute Gasteiger partial charge is 0.260 e. The number of hydrogen-bond donors (Lipinski definition) is 3. The molecule has 0 spiro atoms. The fourth-order valence-electron chi connectivity index (χ4n) is 2.85. The fraction of sp³-hybridized carbons (Fsp3) is 0.222. The number of rotatable bonds is 9. The first kappa shape index (κ1) is 21.3. The summed E-state index contributed by atoms with van der Waals surface area (Å²) in [5, 5.41) is 14.6. The van der Waals surface area contributed by atoms with Crippen LogP contribution in [-0.4, -0.2) is 50.7 Å². The molecular weight excluding hydrogens is 424 g/mol. The highest BCUT2D eigenvalue weighted by Crippen LogP contribution is 2.29. The molecule has 0 aliphatic heterocycles. The van der Waals surface area contributed by atoms with Crippen LogP contribution in [0.15, 0.2) is 22.9 Å². The van der Waals surface area contributed by atoms with Crippen molar-refractivity contribution >= 4 is 57.1 Å². The molecule has 0 aliphatic carbocycles. The lowest BCUT2D eigenvalue weighted by atomic mass is 10.3. The summed E-state index contributed by atoms with van der Waals surface area (Å²) in [5.74, 6) is -0.523. The molecule has 156 valence electrons. The van der Waals surface area contributed by atoms with Crippen molar-refractivity contribution < 1.29 is 9.59 Å². The van der Waals surface area contributed by atoms with Crippen molar-refractivity contribution in [1.82, 2.24) is 19.5 Å². The number of nitrogens with one attached hydrogen (secondary N) is 1.